The zero-order valence-electron chi connectivity index (χ0n) is 33.4. The summed E-state index contributed by atoms with van der Waals surface area (Å²) in [5.74, 6) is 0. The SMILES string of the molecule is CC1(C)CCC(C)(C)c2c(-c3cc4c(cc3N(c3ccccc3)c3ccc(-c5cc6ccccc6c6ccccc56)cc3)C(C)(C)c3ccccc3-4)cccc21. The van der Waals surface area contributed by atoms with Gasteiger partial charge in [-0.1, -0.05) is 163 Å². The fourth-order valence-electron chi connectivity index (χ4n) is 10.2. The van der Waals surface area contributed by atoms with Gasteiger partial charge in [0, 0.05) is 22.4 Å². The average Bonchev–Trinajstić information content (AvgIpc) is 3.44. The summed E-state index contributed by atoms with van der Waals surface area (Å²) in [5, 5.41) is 5.13. The molecule has 8 aromatic rings. The molecule has 0 aliphatic heterocycles. The largest absolute Gasteiger partial charge is 0.310 e. The van der Waals surface area contributed by atoms with Crippen LogP contribution < -0.4 is 4.90 Å². The molecule has 1 heteroatoms. The summed E-state index contributed by atoms with van der Waals surface area (Å²) >= 11 is 0. The molecule has 56 heavy (non-hydrogen) atoms. The summed E-state index contributed by atoms with van der Waals surface area (Å²) in [6.07, 6.45) is 2.34. The lowest BCUT2D eigenvalue weighted by Gasteiger charge is -2.43. The van der Waals surface area contributed by atoms with Gasteiger partial charge in [-0.3, -0.25) is 0 Å². The number of hydrogen-bond donors (Lipinski definition) is 0. The minimum absolute atomic E-state index is 0.0385. The van der Waals surface area contributed by atoms with Crippen molar-refractivity contribution in [2.24, 2.45) is 0 Å². The van der Waals surface area contributed by atoms with Crippen LogP contribution >= 0.6 is 0 Å². The molecule has 0 amide bonds. The first-order valence-electron chi connectivity index (χ1n) is 20.3. The highest BCUT2D eigenvalue weighted by molar-refractivity contribution is 6.13. The van der Waals surface area contributed by atoms with Gasteiger partial charge in [-0.15, -0.1) is 0 Å². The van der Waals surface area contributed by atoms with Crippen molar-refractivity contribution < 1.29 is 0 Å². The minimum Gasteiger partial charge on any atom is -0.310 e. The standard InChI is InChI=1S/C55H49N/c1-53(2)31-32-54(3,4)52-44(24-16-26-49(52)53)47-34-46-43-23-14-15-25-48(43)55(5,6)50(46)35-51(47)56(38-18-8-7-9-19-38)39-29-27-36(28-30-39)45-33-37-17-10-11-20-40(37)41-21-12-13-22-42(41)45/h7-30,33-35H,31-32H2,1-6H3. The lowest BCUT2D eigenvalue weighted by Crippen LogP contribution is -2.34. The molecular formula is C55H49N. The topological polar surface area (TPSA) is 3.24 Å². The van der Waals surface area contributed by atoms with Crippen molar-refractivity contribution in [1.82, 2.24) is 0 Å². The van der Waals surface area contributed by atoms with Gasteiger partial charge >= 0.3 is 0 Å². The van der Waals surface area contributed by atoms with E-state index in [9.17, 15) is 0 Å². The number of hydrogen-bond acceptors (Lipinski definition) is 1. The molecule has 2 aliphatic carbocycles. The molecule has 0 unspecified atom stereocenters. The molecule has 0 N–H and O–H groups in total. The molecule has 0 saturated heterocycles. The average molecular weight is 724 g/mol. The number of para-hydroxylation sites is 1. The van der Waals surface area contributed by atoms with Crippen LogP contribution in [0.1, 0.15) is 76.6 Å². The maximum Gasteiger partial charge on any atom is 0.0543 e. The molecule has 0 aromatic heterocycles. The number of anilines is 3. The number of rotatable bonds is 5. The number of benzene rings is 8. The second-order valence-corrected chi connectivity index (χ2v) is 18.0. The minimum atomic E-state index is -0.139. The van der Waals surface area contributed by atoms with Crippen LogP contribution in [0.15, 0.2) is 164 Å². The zero-order valence-corrected chi connectivity index (χ0v) is 33.4. The van der Waals surface area contributed by atoms with Crippen LogP contribution in [0, 0.1) is 0 Å². The van der Waals surface area contributed by atoms with Crippen LogP contribution in [-0.2, 0) is 16.2 Å². The summed E-state index contributed by atoms with van der Waals surface area (Å²) in [7, 11) is 0. The number of nitrogens with zero attached hydrogens (tertiary/aromatic N) is 1. The van der Waals surface area contributed by atoms with Crippen molar-refractivity contribution >= 4 is 38.6 Å². The third-order valence-corrected chi connectivity index (χ3v) is 13.3. The number of fused-ring (bicyclic) bond motifs is 7. The highest BCUT2D eigenvalue weighted by atomic mass is 15.1. The van der Waals surface area contributed by atoms with E-state index in [-0.39, 0.29) is 16.2 Å². The van der Waals surface area contributed by atoms with Crippen molar-refractivity contribution in [1.29, 1.82) is 0 Å². The first-order chi connectivity index (χ1) is 27.0. The van der Waals surface area contributed by atoms with Crippen LogP contribution in [0.5, 0.6) is 0 Å². The molecule has 1 nitrogen and oxygen atoms in total. The summed E-state index contributed by atoms with van der Waals surface area (Å²) in [6.45, 7) is 14.6. The lowest BCUT2D eigenvalue weighted by molar-refractivity contribution is 0.333. The Labute approximate surface area is 332 Å². The van der Waals surface area contributed by atoms with Crippen molar-refractivity contribution in [2.45, 2.75) is 70.6 Å². The molecule has 0 spiro atoms. The van der Waals surface area contributed by atoms with Crippen molar-refractivity contribution in [3.8, 4) is 33.4 Å². The fraction of sp³-hybridized carbons (Fsp3) is 0.200. The maximum absolute atomic E-state index is 2.54. The summed E-state index contributed by atoms with van der Waals surface area (Å²) in [5.41, 5.74) is 17.1. The molecule has 10 rings (SSSR count). The van der Waals surface area contributed by atoms with Crippen LogP contribution in [0.4, 0.5) is 17.1 Å². The van der Waals surface area contributed by atoms with Gasteiger partial charge in [0.25, 0.3) is 0 Å². The van der Waals surface area contributed by atoms with E-state index in [2.05, 4.69) is 210 Å². The maximum atomic E-state index is 2.54. The smallest absolute Gasteiger partial charge is 0.0543 e. The monoisotopic (exact) mass is 723 g/mol. The van der Waals surface area contributed by atoms with Gasteiger partial charge in [0.05, 0.1) is 5.69 Å². The summed E-state index contributed by atoms with van der Waals surface area (Å²) in [4.78, 5) is 2.51. The molecule has 0 bridgehead atoms. The molecule has 0 atom stereocenters. The van der Waals surface area contributed by atoms with E-state index in [0.29, 0.717) is 0 Å². The van der Waals surface area contributed by atoms with Gasteiger partial charge in [-0.25, -0.2) is 0 Å². The highest BCUT2D eigenvalue weighted by Crippen LogP contribution is 2.56. The second kappa shape index (κ2) is 12.6. The van der Waals surface area contributed by atoms with Gasteiger partial charge in [-0.2, -0.15) is 0 Å². The molecule has 8 aromatic carbocycles. The third-order valence-electron chi connectivity index (χ3n) is 13.3. The van der Waals surface area contributed by atoms with Gasteiger partial charge < -0.3 is 4.90 Å². The molecule has 0 saturated carbocycles. The van der Waals surface area contributed by atoms with Gasteiger partial charge in [-0.05, 0) is 138 Å². The Hall–Kier alpha value is -5.92. The normalized spacial score (nSPS) is 16.0. The van der Waals surface area contributed by atoms with E-state index < -0.39 is 0 Å². The first-order valence-corrected chi connectivity index (χ1v) is 20.3. The summed E-state index contributed by atoms with van der Waals surface area (Å²) < 4.78 is 0. The van der Waals surface area contributed by atoms with Crippen LogP contribution in [0.25, 0.3) is 54.9 Å². The van der Waals surface area contributed by atoms with Crippen LogP contribution in [-0.4, -0.2) is 0 Å². The lowest BCUT2D eigenvalue weighted by atomic mass is 9.61. The van der Waals surface area contributed by atoms with Gasteiger partial charge in [0.2, 0.25) is 0 Å². The quantitative estimate of drug-likeness (QED) is 0.160. The Balaban J connectivity index is 1.23. The van der Waals surface area contributed by atoms with Crippen molar-refractivity contribution in [3.63, 3.8) is 0 Å². The summed E-state index contributed by atoms with van der Waals surface area (Å²) in [6, 6.07) is 61.5. The van der Waals surface area contributed by atoms with Crippen LogP contribution in [0.2, 0.25) is 0 Å². The Kier molecular flexibility index (Phi) is 7.75. The van der Waals surface area contributed by atoms with Gasteiger partial charge in [0.1, 0.15) is 0 Å². The Morgan fingerprint density at radius 2 is 1.00 bits per heavy atom. The zero-order chi connectivity index (χ0) is 38.4. The fourth-order valence-corrected chi connectivity index (χ4v) is 10.2. The second-order valence-electron chi connectivity index (χ2n) is 18.0. The van der Waals surface area contributed by atoms with E-state index in [1.807, 2.05) is 0 Å². The molecule has 0 fully saturated rings. The molecular weight excluding hydrogens is 675 g/mol. The highest BCUT2D eigenvalue weighted by Gasteiger charge is 2.41. The molecule has 0 heterocycles. The molecule has 0 radical (unpaired) electrons. The van der Waals surface area contributed by atoms with E-state index in [1.54, 1.807) is 0 Å². The Bertz CT molecular complexity index is 2820. The Morgan fingerprint density at radius 3 is 1.79 bits per heavy atom. The predicted molar refractivity (Wildman–Crippen MR) is 240 cm³/mol. The first kappa shape index (κ1) is 34.6. The predicted octanol–water partition coefficient (Wildman–Crippen LogP) is 15.5. The molecule has 274 valence electrons. The van der Waals surface area contributed by atoms with Crippen molar-refractivity contribution in [2.75, 3.05) is 4.90 Å². The van der Waals surface area contributed by atoms with E-state index in [0.717, 1.165) is 17.8 Å². The molecule has 2 aliphatic rings. The van der Waals surface area contributed by atoms with Crippen molar-refractivity contribution in [3.05, 3.63) is 186 Å². The van der Waals surface area contributed by atoms with E-state index in [1.165, 1.54) is 89.3 Å². The third kappa shape index (κ3) is 5.28. The van der Waals surface area contributed by atoms with Crippen LogP contribution in [0.3, 0.4) is 0 Å². The van der Waals surface area contributed by atoms with E-state index >= 15 is 0 Å². The Morgan fingerprint density at radius 1 is 0.393 bits per heavy atom. The van der Waals surface area contributed by atoms with E-state index in [4.69, 9.17) is 0 Å². The van der Waals surface area contributed by atoms with Gasteiger partial charge in [0.15, 0.2) is 0 Å².